The van der Waals surface area contributed by atoms with Crippen LogP contribution in [-0.2, 0) is 0 Å². The van der Waals surface area contributed by atoms with Gasteiger partial charge in [0.1, 0.15) is 24.0 Å². The molecule has 174 valence electrons. The highest BCUT2D eigenvalue weighted by Gasteiger charge is 2.24. The van der Waals surface area contributed by atoms with Gasteiger partial charge in [0.25, 0.3) is 0 Å². The lowest BCUT2D eigenvalue weighted by molar-refractivity contribution is 0.112. The molecule has 1 aliphatic carbocycles. The number of carbonyl (C=O) groups is 1. The zero-order valence-corrected chi connectivity index (χ0v) is 20.0. The van der Waals surface area contributed by atoms with Gasteiger partial charge in [-0.05, 0) is 60.0 Å². The number of aromatic nitrogens is 2. The monoisotopic (exact) mass is 485 g/mol. The molecule has 0 saturated carbocycles. The Morgan fingerprint density at radius 1 is 0.842 bits per heavy atom. The summed E-state index contributed by atoms with van der Waals surface area (Å²) in [5.41, 5.74) is 8.25. The summed E-state index contributed by atoms with van der Waals surface area (Å²) >= 11 is 0. The Morgan fingerprint density at radius 3 is 2.42 bits per heavy atom. The highest BCUT2D eigenvalue weighted by atomic mass is 16.1. The second-order valence-corrected chi connectivity index (χ2v) is 9.19. The van der Waals surface area contributed by atoms with E-state index >= 15 is 0 Å². The summed E-state index contributed by atoms with van der Waals surface area (Å²) in [6, 6.07) is 27.6. The molecule has 5 nitrogen and oxygen atoms in total. The Balaban J connectivity index is 1.56. The third-order valence-electron chi connectivity index (χ3n) is 7.10. The molecule has 4 aromatic carbocycles. The van der Waals surface area contributed by atoms with Crippen molar-refractivity contribution in [2.75, 3.05) is 0 Å². The number of allylic oxidation sites excluding steroid dienone is 2. The summed E-state index contributed by atoms with van der Waals surface area (Å²) in [5.74, 6) is 0. The number of hydrogen-bond donors (Lipinski definition) is 0. The third kappa shape index (κ3) is 3.04. The molecular weight excluding hydrogens is 468 g/mol. The molecule has 0 N–H and O–H groups in total. The predicted molar refractivity (Wildman–Crippen MR) is 151 cm³/mol. The van der Waals surface area contributed by atoms with Gasteiger partial charge >= 0.3 is 0 Å². The maximum atomic E-state index is 12.2. The summed E-state index contributed by atoms with van der Waals surface area (Å²) in [5, 5.41) is 12.5. The lowest BCUT2D eigenvalue weighted by atomic mass is 10.1. The molecule has 0 bridgehead atoms. The Hall–Kier alpha value is -5.74. The van der Waals surface area contributed by atoms with Crippen molar-refractivity contribution >= 4 is 56.8 Å². The van der Waals surface area contributed by atoms with Gasteiger partial charge in [-0.1, -0.05) is 24.3 Å². The summed E-state index contributed by atoms with van der Waals surface area (Å²) < 4.78 is 4.27. The van der Waals surface area contributed by atoms with Gasteiger partial charge in [0.05, 0.1) is 51.9 Å². The van der Waals surface area contributed by atoms with Gasteiger partial charge in [-0.25, -0.2) is 4.85 Å². The van der Waals surface area contributed by atoms with Crippen LogP contribution < -0.4 is 0 Å². The molecule has 5 heteroatoms. The number of aldehydes is 1. The van der Waals surface area contributed by atoms with Gasteiger partial charge < -0.3 is 4.57 Å². The van der Waals surface area contributed by atoms with Gasteiger partial charge in [-0.2, -0.15) is 5.26 Å². The number of para-hydroxylation sites is 1. The fraction of sp³-hybridized carbons (Fsp3) is 0. The third-order valence-corrected chi connectivity index (χ3v) is 7.10. The van der Waals surface area contributed by atoms with E-state index in [1.165, 1.54) is 0 Å². The Labute approximate surface area is 218 Å². The van der Waals surface area contributed by atoms with E-state index in [4.69, 9.17) is 6.57 Å². The summed E-state index contributed by atoms with van der Waals surface area (Å²) in [6.07, 6.45) is 9.83. The van der Waals surface area contributed by atoms with Gasteiger partial charge in [-0.15, -0.1) is 0 Å². The molecule has 0 aliphatic heterocycles. The average molecular weight is 486 g/mol. The fourth-order valence-corrected chi connectivity index (χ4v) is 5.51. The van der Waals surface area contributed by atoms with Crippen LogP contribution in [-0.4, -0.2) is 15.4 Å². The maximum absolute atomic E-state index is 12.2. The van der Waals surface area contributed by atoms with Crippen LogP contribution >= 0.6 is 0 Å². The number of carbonyl (C=O) groups excluding carboxylic acids is 1. The van der Waals surface area contributed by atoms with Crippen LogP contribution in [0.2, 0.25) is 0 Å². The average Bonchev–Trinajstić information content (AvgIpc) is 3.49. The fourth-order valence-electron chi connectivity index (χ4n) is 5.51. The predicted octanol–water partition coefficient (Wildman–Crippen LogP) is 7.81. The van der Waals surface area contributed by atoms with Gasteiger partial charge in [-0.3, -0.25) is 9.36 Å². The van der Waals surface area contributed by atoms with E-state index in [1.807, 2.05) is 78.9 Å². The molecule has 0 radical (unpaired) electrons. The van der Waals surface area contributed by atoms with Crippen molar-refractivity contribution in [2.45, 2.75) is 0 Å². The first-order valence-electron chi connectivity index (χ1n) is 12.1. The first-order valence-corrected chi connectivity index (χ1v) is 12.1. The number of rotatable bonds is 3. The Bertz CT molecular complexity index is 2120. The molecule has 7 rings (SSSR count). The van der Waals surface area contributed by atoms with E-state index in [2.05, 4.69) is 44.3 Å². The maximum Gasteiger partial charge on any atom is 0.188 e. The van der Waals surface area contributed by atoms with E-state index in [0.717, 1.165) is 61.6 Å². The van der Waals surface area contributed by atoms with Crippen LogP contribution in [0.25, 0.3) is 61.1 Å². The van der Waals surface area contributed by atoms with E-state index < -0.39 is 0 Å². The number of nitriles is 1. The van der Waals surface area contributed by atoms with E-state index in [-0.39, 0.29) is 0 Å². The smallest absolute Gasteiger partial charge is 0.188 e. The molecule has 6 aromatic rings. The highest BCUT2D eigenvalue weighted by molar-refractivity contribution is 6.10. The molecule has 2 aromatic heterocycles. The second kappa shape index (κ2) is 8.15. The topological polar surface area (TPSA) is 55.1 Å². The minimum Gasteiger partial charge on any atom is -0.309 e. The molecule has 0 fully saturated rings. The van der Waals surface area contributed by atoms with Crippen LogP contribution in [0.5, 0.6) is 0 Å². The van der Waals surface area contributed by atoms with Gasteiger partial charge in [0.2, 0.25) is 0 Å². The zero-order valence-electron chi connectivity index (χ0n) is 20.0. The molecule has 0 saturated heterocycles. The van der Waals surface area contributed by atoms with Crippen molar-refractivity contribution in [3.63, 3.8) is 0 Å². The van der Waals surface area contributed by atoms with E-state index in [0.29, 0.717) is 16.8 Å². The van der Waals surface area contributed by atoms with Crippen molar-refractivity contribution in [1.82, 2.24) is 9.13 Å². The molecule has 1 aliphatic rings. The Kier molecular flexibility index (Phi) is 4.62. The van der Waals surface area contributed by atoms with Crippen LogP contribution in [0.1, 0.15) is 27.2 Å². The number of benzene rings is 4. The van der Waals surface area contributed by atoms with Crippen molar-refractivity contribution in [2.24, 2.45) is 0 Å². The molecular formula is C33H17N4O+. The molecule has 0 unspecified atom stereocenters. The highest BCUT2D eigenvalue weighted by Crippen LogP contribution is 2.37. The van der Waals surface area contributed by atoms with Gasteiger partial charge in [0, 0.05) is 22.7 Å². The largest absolute Gasteiger partial charge is 0.309 e. The molecule has 0 amide bonds. The number of fused-ring (bicyclic) bond motifs is 6. The normalized spacial score (nSPS) is 11.8. The van der Waals surface area contributed by atoms with Crippen molar-refractivity contribution < 1.29 is 4.79 Å². The van der Waals surface area contributed by atoms with Crippen LogP contribution in [0.15, 0.2) is 84.9 Å². The van der Waals surface area contributed by atoms with E-state index in [9.17, 15) is 10.1 Å². The van der Waals surface area contributed by atoms with Gasteiger partial charge in [0.15, 0.2) is 11.4 Å². The minimum absolute atomic E-state index is 0.548. The summed E-state index contributed by atoms with van der Waals surface area (Å²) in [4.78, 5) is 15.8. The number of nitrogens with zero attached hydrogens (tertiary/aromatic N) is 4. The Morgan fingerprint density at radius 2 is 1.61 bits per heavy atom. The van der Waals surface area contributed by atoms with Crippen molar-refractivity contribution in [3.05, 3.63) is 125 Å². The van der Waals surface area contributed by atoms with Crippen LogP contribution in [0.3, 0.4) is 0 Å². The quantitative estimate of drug-likeness (QED) is 0.190. The lowest BCUT2D eigenvalue weighted by Gasteiger charge is -2.13. The lowest BCUT2D eigenvalue weighted by Crippen LogP contribution is -2.02. The molecule has 2 heterocycles. The van der Waals surface area contributed by atoms with Crippen LogP contribution in [0.4, 0.5) is 5.69 Å². The molecule has 0 atom stereocenters. The summed E-state index contributed by atoms with van der Waals surface area (Å²) in [7, 11) is 0. The minimum atomic E-state index is 0.548. The van der Waals surface area contributed by atoms with Crippen LogP contribution in [0, 0.1) is 24.0 Å². The first kappa shape index (κ1) is 21.5. The molecule has 38 heavy (non-hydrogen) atoms. The zero-order chi connectivity index (χ0) is 25.8. The number of hydrogen-bond acceptors (Lipinski definition) is 2. The SMILES string of the molecule is [C-]#[N+]c1ccc2c(c1)c1ccccc1n2-c1cc(C=O)cc(-n2c3c(c4cc(C#N)ccc42)C=[C+]C=C3)c1. The van der Waals surface area contributed by atoms with E-state index in [1.54, 1.807) is 0 Å². The van der Waals surface area contributed by atoms with Crippen molar-refractivity contribution in [1.29, 1.82) is 5.26 Å². The second-order valence-electron chi connectivity index (χ2n) is 9.19. The standard InChI is InChI=1S/C33H17N4O/c1-35-23-11-13-33-29(17-23)27-7-3-5-9-31(27)37(33)25-15-22(20-38)14-24(18-25)36-30-8-4-2-6-26(30)28-16-21(19-34)10-12-32(28)36/h3-18,20H/q+1. The molecule has 0 spiro atoms. The summed E-state index contributed by atoms with van der Waals surface area (Å²) in [6.45, 7) is 7.47. The first-order chi connectivity index (χ1) is 18.7. The van der Waals surface area contributed by atoms with Crippen molar-refractivity contribution in [3.8, 4) is 17.4 Å².